The number of carbonyl (C=O) groups is 2. The molecule has 0 spiro atoms. The monoisotopic (exact) mass is 251 g/mol. The molecule has 0 bridgehead atoms. The third-order valence-electron chi connectivity index (χ3n) is 2.77. The molecule has 2 heterocycles. The van der Waals surface area contributed by atoms with Crippen LogP contribution in [0.3, 0.4) is 0 Å². The Morgan fingerprint density at radius 2 is 2.44 bits per heavy atom. The van der Waals surface area contributed by atoms with E-state index in [2.05, 4.69) is 25.9 Å². The number of nitrogens with one attached hydrogen (secondary N) is 4. The molecule has 0 aliphatic carbocycles. The molecule has 0 saturated carbocycles. The molecule has 2 amide bonds. The summed E-state index contributed by atoms with van der Waals surface area (Å²) in [6.07, 6.45) is 5.13. The standard InChI is InChI=1S/C11H17N5O2/c17-10-7-15-8(6-16-10)11(18)14-3-1-2-9-12-4-5-13-9/h4-5,8,15H,1-3,6-7H2,(H,12,13)(H,14,18)(H,16,17). The van der Waals surface area contributed by atoms with Gasteiger partial charge in [-0.05, 0) is 6.42 Å². The highest BCUT2D eigenvalue weighted by Crippen LogP contribution is 1.94. The normalized spacial score (nSPS) is 19.3. The maximum absolute atomic E-state index is 11.7. The Balaban J connectivity index is 1.61. The lowest BCUT2D eigenvalue weighted by Crippen LogP contribution is -2.58. The van der Waals surface area contributed by atoms with Crippen LogP contribution < -0.4 is 16.0 Å². The van der Waals surface area contributed by atoms with E-state index in [4.69, 9.17) is 0 Å². The van der Waals surface area contributed by atoms with Crippen molar-refractivity contribution in [3.05, 3.63) is 18.2 Å². The minimum absolute atomic E-state index is 0.0723. The van der Waals surface area contributed by atoms with Crippen molar-refractivity contribution in [1.82, 2.24) is 25.9 Å². The summed E-state index contributed by atoms with van der Waals surface area (Å²) in [5.41, 5.74) is 0. The van der Waals surface area contributed by atoms with E-state index in [0.717, 1.165) is 18.7 Å². The van der Waals surface area contributed by atoms with E-state index in [9.17, 15) is 9.59 Å². The van der Waals surface area contributed by atoms with Crippen LogP contribution >= 0.6 is 0 Å². The molecule has 1 atom stereocenters. The predicted octanol–water partition coefficient (Wildman–Crippen LogP) is -1.45. The molecule has 1 aliphatic rings. The van der Waals surface area contributed by atoms with Crippen LogP contribution in [-0.4, -0.2) is 47.5 Å². The van der Waals surface area contributed by atoms with Gasteiger partial charge in [0.05, 0.1) is 6.54 Å². The van der Waals surface area contributed by atoms with Crippen molar-refractivity contribution in [2.24, 2.45) is 0 Å². The summed E-state index contributed by atoms with van der Waals surface area (Å²) in [4.78, 5) is 29.7. The molecule has 1 aromatic heterocycles. The van der Waals surface area contributed by atoms with Gasteiger partial charge in [-0.15, -0.1) is 0 Å². The number of aryl methyl sites for hydroxylation is 1. The fourth-order valence-electron chi connectivity index (χ4n) is 1.78. The second-order valence-corrected chi connectivity index (χ2v) is 4.17. The lowest BCUT2D eigenvalue weighted by molar-refractivity contribution is -0.126. The van der Waals surface area contributed by atoms with E-state index in [0.29, 0.717) is 13.1 Å². The van der Waals surface area contributed by atoms with E-state index in [1.54, 1.807) is 12.4 Å². The summed E-state index contributed by atoms with van der Waals surface area (Å²) in [6, 6.07) is -0.327. The Labute approximate surface area is 105 Å². The van der Waals surface area contributed by atoms with Crippen LogP contribution in [0.15, 0.2) is 12.4 Å². The first-order valence-corrected chi connectivity index (χ1v) is 6.02. The molecular weight excluding hydrogens is 234 g/mol. The molecule has 1 saturated heterocycles. The number of rotatable bonds is 5. The number of amides is 2. The van der Waals surface area contributed by atoms with E-state index in [1.165, 1.54) is 0 Å². The number of H-pyrrole nitrogens is 1. The second kappa shape index (κ2) is 6.15. The fraction of sp³-hybridized carbons (Fsp3) is 0.545. The van der Waals surface area contributed by atoms with Gasteiger partial charge in [0.1, 0.15) is 11.9 Å². The predicted molar refractivity (Wildman–Crippen MR) is 64.7 cm³/mol. The number of hydrogen-bond donors (Lipinski definition) is 4. The SMILES string of the molecule is O=C1CNC(C(=O)NCCCc2ncc[nH]2)CN1. The Morgan fingerprint density at radius 3 is 3.11 bits per heavy atom. The van der Waals surface area contributed by atoms with Crippen LogP contribution in [0, 0.1) is 0 Å². The first-order chi connectivity index (χ1) is 8.75. The van der Waals surface area contributed by atoms with Crippen LogP contribution in [0.5, 0.6) is 0 Å². The van der Waals surface area contributed by atoms with E-state index in [1.807, 2.05) is 0 Å². The van der Waals surface area contributed by atoms with Gasteiger partial charge in [0.25, 0.3) is 0 Å². The van der Waals surface area contributed by atoms with Gasteiger partial charge in [-0.25, -0.2) is 4.98 Å². The summed E-state index contributed by atoms with van der Waals surface area (Å²) in [5, 5.41) is 8.36. The van der Waals surface area contributed by atoms with Gasteiger partial charge >= 0.3 is 0 Å². The molecule has 7 nitrogen and oxygen atoms in total. The third kappa shape index (κ3) is 3.56. The first kappa shape index (κ1) is 12.6. The zero-order chi connectivity index (χ0) is 12.8. The number of aromatic amines is 1. The number of carbonyl (C=O) groups excluding carboxylic acids is 2. The Hall–Kier alpha value is -1.89. The topological polar surface area (TPSA) is 98.9 Å². The number of piperazine rings is 1. The molecule has 7 heteroatoms. The van der Waals surface area contributed by atoms with E-state index < -0.39 is 0 Å². The maximum atomic E-state index is 11.7. The Kier molecular flexibility index (Phi) is 4.30. The van der Waals surface area contributed by atoms with Crippen molar-refractivity contribution in [1.29, 1.82) is 0 Å². The third-order valence-corrected chi connectivity index (χ3v) is 2.77. The largest absolute Gasteiger partial charge is 0.355 e. The minimum atomic E-state index is -0.327. The zero-order valence-electron chi connectivity index (χ0n) is 10.0. The molecule has 0 radical (unpaired) electrons. The minimum Gasteiger partial charge on any atom is -0.355 e. The molecule has 2 rings (SSSR count). The average molecular weight is 251 g/mol. The van der Waals surface area contributed by atoms with Crippen molar-refractivity contribution >= 4 is 11.8 Å². The van der Waals surface area contributed by atoms with E-state index in [-0.39, 0.29) is 24.4 Å². The molecule has 1 aliphatic heterocycles. The summed E-state index contributed by atoms with van der Waals surface area (Å²) >= 11 is 0. The van der Waals surface area contributed by atoms with Gasteiger partial charge in [-0.2, -0.15) is 0 Å². The zero-order valence-corrected chi connectivity index (χ0v) is 10.0. The van der Waals surface area contributed by atoms with Gasteiger partial charge < -0.3 is 15.6 Å². The Morgan fingerprint density at radius 1 is 1.56 bits per heavy atom. The van der Waals surface area contributed by atoms with E-state index >= 15 is 0 Å². The first-order valence-electron chi connectivity index (χ1n) is 6.02. The van der Waals surface area contributed by atoms with Crippen LogP contribution in [0.25, 0.3) is 0 Å². The fourth-order valence-corrected chi connectivity index (χ4v) is 1.78. The van der Waals surface area contributed by atoms with Gasteiger partial charge in [0.2, 0.25) is 11.8 Å². The van der Waals surface area contributed by atoms with Gasteiger partial charge in [-0.1, -0.05) is 0 Å². The number of nitrogens with zero attached hydrogens (tertiary/aromatic N) is 1. The van der Waals surface area contributed by atoms with Crippen molar-refractivity contribution in [2.45, 2.75) is 18.9 Å². The molecule has 1 aromatic rings. The lowest BCUT2D eigenvalue weighted by atomic mass is 10.2. The van der Waals surface area contributed by atoms with Gasteiger partial charge in [-0.3, -0.25) is 14.9 Å². The molecule has 4 N–H and O–H groups in total. The quantitative estimate of drug-likeness (QED) is 0.481. The second-order valence-electron chi connectivity index (χ2n) is 4.17. The number of imidazole rings is 1. The smallest absolute Gasteiger partial charge is 0.238 e. The highest BCUT2D eigenvalue weighted by Gasteiger charge is 2.22. The summed E-state index contributed by atoms with van der Waals surface area (Å²) < 4.78 is 0. The summed E-state index contributed by atoms with van der Waals surface area (Å²) in [6.45, 7) is 1.15. The molecule has 1 unspecified atom stereocenters. The van der Waals surface area contributed by atoms with Crippen LogP contribution in [-0.2, 0) is 16.0 Å². The highest BCUT2D eigenvalue weighted by atomic mass is 16.2. The van der Waals surface area contributed by atoms with Crippen molar-refractivity contribution < 1.29 is 9.59 Å². The summed E-state index contributed by atoms with van der Waals surface area (Å²) in [5.74, 6) is 0.776. The summed E-state index contributed by atoms with van der Waals surface area (Å²) in [7, 11) is 0. The molecule has 0 aromatic carbocycles. The van der Waals surface area contributed by atoms with Gasteiger partial charge in [0.15, 0.2) is 0 Å². The Bertz CT molecular complexity index is 394. The van der Waals surface area contributed by atoms with Gasteiger partial charge in [0, 0.05) is 31.9 Å². The lowest BCUT2D eigenvalue weighted by Gasteiger charge is -2.23. The van der Waals surface area contributed by atoms with Crippen LogP contribution in [0.4, 0.5) is 0 Å². The van der Waals surface area contributed by atoms with Crippen molar-refractivity contribution in [3.63, 3.8) is 0 Å². The molecule has 98 valence electrons. The molecule has 18 heavy (non-hydrogen) atoms. The number of hydrogen-bond acceptors (Lipinski definition) is 4. The molecule has 1 fully saturated rings. The highest BCUT2D eigenvalue weighted by molar-refractivity contribution is 5.86. The maximum Gasteiger partial charge on any atom is 0.238 e. The van der Waals surface area contributed by atoms with Crippen LogP contribution in [0.2, 0.25) is 0 Å². The average Bonchev–Trinajstić information content (AvgIpc) is 2.88. The van der Waals surface area contributed by atoms with Crippen LogP contribution in [0.1, 0.15) is 12.2 Å². The van der Waals surface area contributed by atoms with Crippen molar-refractivity contribution in [2.75, 3.05) is 19.6 Å². The van der Waals surface area contributed by atoms with Crippen molar-refractivity contribution in [3.8, 4) is 0 Å². The molecular formula is C11H17N5O2. The number of aromatic nitrogens is 2.